The van der Waals surface area contributed by atoms with Gasteiger partial charge >= 0.3 is 0 Å². The Kier molecular flexibility index (Phi) is 5.04. The van der Waals surface area contributed by atoms with Crippen molar-refractivity contribution in [3.8, 4) is 0 Å². The number of hydrogen-bond acceptors (Lipinski definition) is 4. The normalized spacial score (nSPS) is 24.1. The lowest BCUT2D eigenvalue weighted by Gasteiger charge is -2.23. The van der Waals surface area contributed by atoms with E-state index in [9.17, 15) is 4.79 Å². The third-order valence-corrected chi connectivity index (χ3v) is 4.46. The number of hydrogen-bond donors (Lipinski definition) is 1. The summed E-state index contributed by atoms with van der Waals surface area (Å²) < 4.78 is 7.46. The number of carbonyl (C=O) groups is 1. The topological polar surface area (TPSA) is 56.2 Å². The zero-order valence-electron chi connectivity index (χ0n) is 12.6. The van der Waals surface area contributed by atoms with Crippen molar-refractivity contribution in [3.05, 3.63) is 18.0 Å². The number of aromatic nitrogens is 2. The zero-order valence-corrected chi connectivity index (χ0v) is 12.6. The van der Waals surface area contributed by atoms with Gasteiger partial charge in [0.25, 0.3) is 0 Å². The van der Waals surface area contributed by atoms with Crippen molar-refractivity contribution in [2.45, 2.75) is 57.0 Å². The van der Waals surface area contributed by atoms with Crippen molar-refractivity contribution in [2.75, 3.05) is 19.8 Å². The first-order valence-corrected chi connectivity index (χ1v) is 8.18. The van der Waals surface area contributed by atoms with Crippen molar-refractivity contribution in [2.24, 2.45) is 0 Å². The van der Waals surface area contributed by atoms with Crippen LogP contribution in [0.1, 0.15) is 50.3 Å². The third-order valence-electron chi connectivity index (χ3n) is 4.46. The average Bonchev–Trinajstić information content (AvgIpc) is 2.97. The summed E-state index contributed by atoms with van der Waals surface area (Å²) >= 11 is 0. The Morgan fingerprint density at radius 3 is 3.00 bits per heavy atom. The summed E-state index contributed by atoms with van der Waals surface area (Å²) in [4.78, 5) is 12.1. The van der Waals surface area contributed by atoms with Gasteiger partial charge in [-0.15, -0.1) is 0 Å². The van der Waals surface area contributed by atoms with Crippen LogP contribution in [-0.2, 0) is 16.0 Å². The maximum Gasteiger partial charge on any atom is 0.140 e. The number of rotatable bonds is 5. The highest BCUT2D eigenvalue weighted by molar-refractivity contribution is 5.81. The number of nitrogens with zero attached hydrogens (tertiary/aromatic N) is 2. The SMILES string of the molecule is O=C(Cc1ccn(C2CCCCC2)n1)CC1COCCN1. The number of carbonyl (C=O) groups excluding carboxylic acids is 1. The molecule has 3 rings (SSSR count). The Balaban J connectivity index is 1.50. The fourth-order valence-electron chi connectivity index (χ4n) is 3.32. The van der Waals surface area contributed by atoms with Crippen molar-refractivity contribution < 1.29 is 9.53 Å². The minimum Gasteiger partial charge on any atom is -0.379 e. The quantitative estimate of drug-likeness (QED) is 0.900. The van der Waals surface area contributed by atoms with Crippen LogP contribution < -0.4 is 5.32 Å². The van der Waals surface area contributed by atoms with Crippen LogP contribution in [0.4, 0.5) is 0 Å². The molecule has 5 heteroatoms. The lowest BCUT2D eigenvalue weighted by atomic mass is 9.96. The molecule has 21 heavy (non-hydrogen) atoms. The minimum absolute atomic E-state index is 0.173. The van der Waals surface area contributed by atoms with Crippen molar-refractivity contribution >= 4 is 5.78 Å². The summed E-state index contributed by atoms with van der Waals surface area (Å²) in [6, 6.07) is 2.71. The predicted octanol–water partition coefficient (Wildman–Crippen LogP) is 1.88. The molecule has 0 bridgehead atoms. The molecular weight excluding hydrogens is 266 g/mol. The van der Waals surface area contributed by atoms with Crippen LogP contribution in [0.5, 0.6) is 0 Å². The molecule has 1 aromatic rings. The Morgan fingerprint density at radius 2 is 2.24 bits per heavy atom. The number of ketones is 1. The van der Waals surface area contributed by atoms with E-state index < -0.39 is 0 Å². The molecule has 1 aliphatic carbocycles. The molecule has 5 nitrogen and oxygen atoms in total. The van der Waals surface area contributed by atoms with Gasteiger partial charge < -0.3 is 10.1 Å². The van der Waals surface area contributed by atoms with E-state index in [1.54, 1.807) is 0 Å². The highest BCUT2D eigenvalue weighted by Crippen LogP contribution is 2.27. The first kappa shape index (κ1) is 14.7. The highest BCUT2D eigenvalue weighted by Gasteiger charge is 2.19. The minimum atomic E-state index is 0.173. The van der Waals surface area contributed by atoms with E-state index in [4.69, 9.17) is 4.74 Å². The lowest BCUT2D eigenvalue weighted by Crippen LogP contribution is -2.42. The molecule has 0 spiro atoms. The first-order chi connectivity index (χ1) is 10.3. The molecule has 0 aromatic carbocycles. The predicted molar refractivity (Wildman–Crippen MR) is 80.3 cm³/mol. The molecule has 116 valence electrons. The van der Waals surface area contributed by atoms with Gasteiger partial charge in [-0.25, -0.2) is 0 Å². The molecule has 2 heterocycles. The Bertz CT molecular complexity index is 460. The number of Topliss-reactive ketones (excluding diaryl/α,β-unsaturated/α-hetero) is 1. The van der Waals surface area contributed by atoms with Gasteiger partial charge in [0.05, 0.1) is 31.4 Å². The standard InChI is InChI=1S/C16H25N3O2/c20-16(11-14-12-21-9-7-17-14)10-13-6-8-19(18-13)15-4-2-1-3-5-15/h6,8,14-15,17H,1-5,7,9-12H2. The van der Waals surface area contributed by atoms with Crippen molar-refractivity contribution in [3.63, 3.8) is 0 Å². The summed E-state index contributed by atoms with van der Waals surface area (Å²) in [5, 5.41) is 7.93. The van der Waals surface area contributed by atoms with Gasteiger partial charge in [-0.3, -0.25) is 9.48 Å². The number of morpholine rings is 1. The van der Waals surface area contributed by atoms with E-state index in [-0.39, 0.29) is 11.8 Å². The van der Waals surface area contributed by atoms with Gasteiger partial charge in [0.1, 0.15) is 5.78 Å². The molecular formula is C16H25N3O2. The van der Waals surface area contributed by atoms with Crippen LogP contribution in [0.15, 0.2) is 12.3 Å². The molecule has 1 unspecified atom stereocenters. The lowest BCUT2D eigenvalue weighted by molar-refractivity contribution is -0.119. The van der Waals surface area contributed by atoms with E-state index in [0.717, 1.165) is 18.8 Å². The largest absolute Gasteiger partial charge is 0.379 e. The van der Waals surface area contributed by atoms with Crippen LogP contribution in [0, 0.1) is 0 Å². The Morgan fingerprint density at radius 1 is 1.38 bits per heavy atom. The van der Waals surface area contributed by atoms with E-state index in [1.807, 2.05) is 12.3 Å². The number of nitrogens with one attached hydrogen (secondary N) is 1. The van der Waals surface area contributed by atoms with Crippen LogP contribution in [-0.4, -0.2) is 41.4 Å². The second-order valence-electron chi connectivity index (χ2n) is 6.22. The van der Waals surface area contributed by atoms with Gasteiger partial charge in [-0.1, -0.05) is 19.3 Å². The van der Waals surface area contributed by atoms with Crippen LogP contribution >= 0.6 is 0 Å². The van der Waals surface area contributed by atoms with E-state index >= 15 is 0 Å². The summed E-state index contributed by atoms with van der Waals surface area (Å²) in [5.41, 5.74) is 0.905. The second-order valence-corrected chi connectivity index (χ2v) is 6.22. The molecule has 1 N–H and O–H groups in total. The summed E-state index contributed by atoms with van der Waals surface area (Å²) in [6.07, 6.45) is 9.41. The smallest absolute Gasteiger partial charge is 0.140 e. The first-order valence-electron chi connectivity index (χ1n) is 8.18. The van der Waals surface area contributed by atoms with Crippen molar-refractivity contribution in [1.29, 1.82) is 0 Å². The molecule has 2 aliphatic rings. The molecule has 2 fully saturated rings. The monoisotopic (exact) mass is 291 g/mol. The summed E-state index contributed by atoms with van der Waals surface area (Å²) in [6.45, 7) is 2.23. The van der Waals surface area contributed by atoms with Gasteiger partial charge in [-0.2, -0.15) is 5.10 Å². The Labute approximate surface area is 126 Å². The van der Waals surface area contributed by atoms with Gasteiger partial charge in [0.2, 0.25) is 0 Å². The molecule has 1 atom stereocenters. The molecule has 0 radical (unpaired) electrons. The van der Waals surface area contributed by atoms with Gasteiger partial charge in [0, 0.05) is 25.2 Å². The fraction of sp³-hybridized carbons (Fsp3) is 0.750. The van der Waals surface area contributed by atoms with Crippen LogP contribution in [0.2, 0.25) is 0 Å². The van der Waals surface area contributed by atoms with Crippen molar-refractivity contribution in [1.82, 2.24) is 15.1 Å². The molecule has 1 saturated carbocycles. The van der Waals surface area contributed by atoms with E-state index in [0.29, 0.717) is 25.5 Å². The van der Waals surface area contributed by atoms with Gasteiger partial charge in [0.15, 0.2) is 0 Å². The van der Waals surface area contributed by atoms with Crippen LogP contribution in [0.25, 0.3) is 0 Å². The molecule has 1 aromatic heterocycles. The fourth-order valence-corrected chi connectivity index (χ4v) is 3.32. The zero-order chi connectivity index (χ0) is 14.5. The van der Waals surface area contributed by atoms with Crippen LogP contribution in [0.3, 0.4) is 0 Å². The second kappa shape index (κ2) is 7.18. The molecule has 0 amide bonds. The summed E-state index contributed by atoms with van der Waals surface area (Å²) in [5.74, 6) is 0.242. The van der Waals surface area contributed by atoms with E-state index in [1.165, 1.54) is 32.1 Å². The maximum absolute atomic E-state index is 12.1. The third kappa shape index (κ3) is 4.14. The highest BCUT2D eigenvalue weighted by atomic mass is 16.5. The molecule has 1 saturated heterocycles. The molecule has 1 aliphatic heterocycles. The van der Waals surface area contributed by atoms with Gasteiger partial charge in [-0.05, 0) is 18.9 Å². The maximum atomic E-state index is 12.1. The number of ether oxygens (including phenoxy) is 1. The Hall–Kier alpha value is -1.20. The van der Waals surface area contributed by atoms with E-state index in [2.05, 4.69) is 15.1 Å². The average molecular weight is 291 g/mol. The summed E-state index contributed by atoms with van der Waals surface area (Å²) in [7, 11) is 0.